The first-order chi connectivity index (χ1) is 4.21. The number of rotatable bonds is 3. The zero-order valence-electron chi connectivity index (χ0n) is 6.99. The molecule has 0 rings (SSSR count). The predicted octanol–water partition coefficient (Wildman–Crippen LogP) is 3.42. The average molecular weight is 223 g/mol. The van der Waals surface area contributed by atoms with E-state index in [2.05, 4.69) is 25.0 Å². The molecule has 0 radical (unpaired) electrons. The van der Waals surface area contributed by atoms with E-state index in [4.69, 9.17) is 21.4 Å². The highest BCUT2D eigenvalue weighted by atomic mass is 35.7. The van der Waals surface area contributed by atoms with Gasteiger partial charge >= 0.3 is 0 Å². The van der Waals surface area contributed by atoms with Gasteiger partial charge in [0, 0.05) is 0 Å². The number of hydrogen-bond acceptors (Lipinski definition) is 0. The summed E-state index contributed by atoms with van der Waals surface area (Å²) in [7, 11) is 10.5. The molecule has 0 saturated carbocycles. The van der Waals surface area contributed by atoms with Gasteiger partial charge in [-0.15, -0.1) is 0 Å². The second-order valence-corrected chi connectivity index (χ2v) is 14.7. The second-order valence-electron chi connectivity index (χ2n) is 3.21. The van der Waals surface area contributed by atoms with Crippen LogP contribution in [0.25, 0.3) is 0 Å². The van der Waals surface area contributed by atoms with Crippen LogP contribution in [0.15, 0.2) is 0 Å². The van der Waals surface area contributed by atoms with Gasteiger partial charge in [0.1, 0.15) is 0 Å². The normalized spacial score (nSPS) is 17.0. The summed E-state index contributed by atoms with van der Waals surface area (Å²) < 4.78 is 0. The highest BCUT2D eigenvalue weighted by Gasteiger charge is 2.12. The van der Waals surface area contributed by atoms with Gasteiger partial charge < -0.3 is 0 Å². The maximum Gasteiger partial charge on any atom is -0.00188 e. The van der Waals surface area contributed by atoms with Crippen LogP contribution >= 0.6 is 39.8 Å². The molecule has 0 saturated heterocycles. The van der Waals surface area contributed by atoms with Crippen molar-refractivity contribution in [2.24, 2.45) is 0 Å². The van der Waals surface area contributed by atoms with Gasteiger partial charge in [0.2, 0.25) is 0 Å². The van der Waals surface area contributed by atoms with Gasteiger partial charge in [0.25, 0.3) is 0 Å². The second kappa shape index (κ2) is 3.79. The van der Waals surface area contributed by atoms with Crippen molar-refractivity contribution in [3.8, 4) is 0 Å². The molecule has 0 aliphatic carbocycles. The molecule has 0 nitrogen and oxygen atoms in total. The number of halogens is 2. The van der Waals surface area contributed by atoms with Crippen LogP contribution in [0.3, 0.4) is 0 Å². The zero-order chi connectivity index (χ0) is 8.41. The average Bonchev–Trinajstić information content (AvgIpc) is 1.57. The number of hydrogen-bond donors (Lipinski definition) is 0. The van der Waals surface area contributed by atoms with E-state index in [1.165, 1.54) is 0 Å². The summed E-state index contributed by atoms with van der Waals surface area (Å²) in [5, 5.41) is 0. The smallest absolute Gasteiger partial charge is 0.00188 e. The Hall–Kier alpha value is 1.28. The Morgan fingerprint density at radius 2 is 1.00 bits per heavy atom. The van der Waals surface area contributed by atoms with Gasteiger partial charge in [0.15, 0.2) is 0 Å². The molecule has 0 N–H and O–H groups in total. The van der Waals surface area contributed by atoms with Crippen LogP contribution in [-0.4, -0.2) is 36.5 Å². The van der Waals surface area contributed by atoms with Gasteiger partial charge in [-0.3, -0.25) is 0 Å². The molecule has 0 fully saturated rings. The van der Waals surface area contributed by atoms with E-state index in [1.54, 1.807) is 0 Å². The minimum atomic E-state index is -0.849. The van der Waals surface area contributed by atoms with Crippen LogP contribution in [0.5, 0.6) is 0 Å². The minimum absolute atomic E-state index is 0.849. The molecule has 0 bridgehead atoms. The van der Waals surface area contributed by atoms with E-state index in [0.717, 1.165) is 11.5 Å². The SMILES string of the molecule is CS(C)(Cl)CCS(C)(C)Cl. The quantitative estimate of drug-likeness (QED) is 0.687. The van der Waals surface area contributed by atoms with Gasteiger partial charge in [0.05, 0.1) is 0 Å². The first-order valence-corrected chi connectivity index (χ1v) is 9.91. The topological polar surface area (TPSA) is 0 Å². The molecule has 4 heteroatoms. The first-order valence-electron chi connectivity index (χ1n) is 3.02. The maximum absolute atomic E-state index is 6.08. The lowest BCUT2D eigenvalue weighted by atomic mass is 11.0. The third-order valence-electron chi connectivity index (χ3n) is 1.05. The summed E-state index contributed by atoms with van der Waals surface area (Å²) in [6.07, 6.45) is 8.43. The summed E-state index contributed by atoms with van der Waals surface area (Å²) in [5.74, 6) is 2.17. The van der Waals surface area contributed by atoms with Crippen molar-refractivity contribution in [2.45, 2.75) is 0 Å². The fraction of sp³-hybridized carbons (Fsp3) is 1.00. The molecule has 0 amide bonds. The van der Waals surface area contributed by atoms with Crippen molar-refractivity contribution >= 4 is 39.8 Å². The van der Waals surface area contributed by atoms with E-state index in [0.29, 0.717) is 0 Å². The van der Waals surface area contributed by atoms with Crippen LogP contribution in [-0.2, 0) is 0 Å². The molecule has 0 aromatic carbocycles. The maximum atomic E-state index is 6.08. The highest BCUT2D eigenvalue weighted by molar-refractivity contribution is 8.53. The van der Waals surface area contributed by atoms with Crippen LogP contribution in [0, 0.1) is 0 Å². The Kier molecular flexibility index (Phi) is 4.28. The van der Waals surface area contributed by atoms with E-state index in [-0.39, 0.29) is 0 Å². The van der Waals surface area contributed by atoms with E-state index in [1.807, 2.05) is 0 Å². The molecule has 0 aromatic heterocycles. The Balaban J connectivity index is 3.56. The predicted molar refractivity (Wildman–Crippen MR) is 60.3 cm³/mol. The molecular formula is C6H16Cl2S2. The van der Waals surface area contributed by atoms with Gasteiger partial charge in [-0.05, 0) is 36.5 Å². The highest BCUT2D eigenvalue weighted by Crippen LogP contribution is 2.52. The standard InChI is InChI=1S/C6H16Cl2S2/c1-9(2,7)5-6-10(3,4)8/h5-6H2,1-4H3. The molecule has 0 spiro atoms. The van der Waals surface area contributed by atoms with Crippen molar-refractivity contribution in [1.29, 1.82) is 0 Å². The summed E-state index contributed by atoms with van der Waals surface area (Å²) in [6, 6.07) is 0. The van der Waals surface area contributed by atoms with Crippen LogP contribution in [0.4, 0.5) is 0 Å². The van der Waals surface area contributed by atoms with Crippen molar-refractivity contribution in [3.05, 3.63) is 0 Å². The molecule has 0 heterocycles. The van der Waals surface area contributed by atoms with Gasteiger partial charge in [-0.25, -0.2) is 0 Å². The summed E-state index contributed by atoms with van der Waals surface area (Å²) in [5.41, 5.74) is 0. The van der Waals surface area contributed by atoms with Crippen molar-refractivity contribution in [2.75, 3.05) is 36.5 Å². The fourth-order valence-corrected chi connectivity index (χ4v) is 4.70. The van der Waals surface area contributed by atoms with E-state index in [9.17, 15) is 0 Å². The molecule has 10 heavy (non-hydrogen) atoms. The molecule has 66 valence electrons. The molecule has 0 aromatic rings. The van der Waals surface area contributed by atoms with Gasteiger partial charge in [-0.2, -0.15) is 18.5 Å². The largest absolute Gasteiger partial charge is 0.168 e. The van der Waals surface area contributed by atoms with Crippen molar-refractivity contribution in [3.63, 3.8) is 0 Å². The molecular weight excluding hydrogens is 207 g/mol. The fourth-order valence-electron chi connectivity index (χ4n) is 0.396. The van der Waals surface area contributed by atoms with Gasteiger partial charge in [-0.1, -0.05) is 21.4 Å². The van der Waals surface area contributed by atoms with Crippen LogP contribution in [0.2, 0.25) is 0 Å². The van der Waals surface area contributed by atoms with Crippen LogP contribution < -0.4 is 0 Å². The molecule has 0 aliphatic rings. The lowest BCUT2D eigenvalue weighted by molar-refractivity contribution is 1.52. The van der Waals surface area contributed by atoms with E-state index < -0.39 is 18.5 Å². The molecule has 0 atom stereocenters. The Bertz CT molecular complexity index is 87.3. The Morgan fingerprint density at radius 3 is 1.10 bits per heavy atom. The van der Waals surface area contributed by atoms with Crippen molar-refractivity contribution < 1.29 is 0 Å². The minimum Gasteiger partial charge on any atom is -0.168 e. The van der Waals surface area contributed by atoms with Crippen molar-refractivity contribution in [1.82, 2.24) is 0 Å². The Morgan fingerprint density at radius 1 is 0.800 bits per heavy atom. The summed E-state index contributed by atoms with van der Waals surface area (Å²) in [4.78, 5) is 0. The Labute approximate surface area is 76.3 Å². The monoisotopic (exact) mass is 222 g/mol. The lowest BCUT2D eigenvalue weighted by Crippen LogP contribution is -2.03. The first kappa shape index (κ1) is 11.3. The zero-order valence-corrected chi connectivity index (χ0v) is 10.1. The summed E-state index contributed by atoms with van der Waals surface area (Å²) in [6.45, 7) is 0. The molecule has 0 aliphatic heterocycles. The summed E-state index contributed by atoms with van der Waals surface area (Å²) >= 11 is 0. The molecule has 0 unspecified atom stereocenters. The third-order valence-corrected chi connectivity index (χ3v) is 4.59. The third kappa shape index (κ3) is 9.28. The lowest BCUT2D eigenvalue weighted by Gasteiger charge is -2.28. The van der Waals surface area contributed by atoms with Crippen LogP contribution in [0.1, 0.15) is 0 Å². The van der Waals surface area contributed by atoms with E-state index >= 15 is 0 Å².